The van der Waals surface area contributed by atoms with Crippen LogP contribution in [-0.4, -0.2) is 18.0 Å². The zero-order valence-corrected chi connectivity index (χ0v) is 10.7. The molecule has 2 aromatic rings. The van der Waals surface area contributed by atoms with Crippen molar-refractivity contribution in [3.05, 3.63) is 59.9 Å². The molecule has 6 heteroatoms. The molecule has 0 amide bonds. The third-order valence-electron chi connectivity index (χ3n) is 2.47. The zero-order valence-electron chi connectivity index (χ0n) is 9.89. The average Bonchev–Trinajstić information content (AvgIpc) is 2.39. The Labute approximate surface area is 111 Å². The van der Waals surface area contributed by atoms with Crippen molar-refractivity contribution in [2.45, 2.75) is 4.90 Å². The van der Waals surface area contributed by atoms with Crippen LogP contribution in [0, 0.1) is 0 Å². The molecule has 5 nitrogen and oxygen atoms in total. The maximum absolute atomic E-state index is 11.3. The lowest BCUT2D eigenvalue weighted by Gasteiger charge is -2.07. The van der Waals surface area contributed by atoms with Gasteiger partial charge < -0.3 is 5.73 Å². The predicted molar refractivity (Wildman–Crippen MR) is 72.6 cm³/mol. The topological polar surface area (TPSA) is 93.3 Å². The quantitative estimate of drug-likeness (QED) is 0.833. The van der Waals surface area contributed by atoms with E-state index in [1.807, 2.05) is 0 Å². The van der Waals surface area contributed by atoms with Crippen LogP contribution in [0.25, 0.3) is 11.8 Å². The second-order valence-electron chi connectivity index (χ2n) is 3.83. The highest BCUT2D eigenvalue weighted by Gasteiger charge is 2.15. The minimum Gasteiger partial charge on any atom is -0.398 e. The lowest BCUT2D eigenvalue weighted by atomic mass is 10.1. The van der Waals surface area contributed by atoms with E-state index in [4.69, 9.17) is 10.3 Å². The highest BCUT2D eigenvalue weighted by Crippen LogP contribution is 2.21. The first kappa shape index (κ1) is 13.3. The second kappa shape index (κ2) is 5.21. The molecular weight excluding hydrogens is 264 g/mol. The molecule has 2 rings (SSSR count). The van der Waals surface area contributed by atoms with Crippen LogP contribution in [0.2, 0.25) is 0 Å². The molecule has 0 spiro atoms. The van der Waals surface area contributed by atoms with E-state index in [9.17, 15) is 8.42 Å². The van der Waals surface area contributed by atoms with Crippen molar-refractivity contribution in [3.8, 4) is 0 Å². The van der Waals surface area contributed by atoms with Crippen molar-refractivity contribution >= 4 is 21.9 Å². The zero-order chi connectivity index (χ0) is 13.9. The Bertz CT molecular complexity index is 710. The van der Waals surface area contributed by atoms with E-state index in [0.717, 1.165) is 0 Å². The predicted octanol–water partition coefficient (Wildman–Crippen LogP) is 1.79. The van der Waals surface area contributed by atoms with Crippen LogP contribution in [-0.2, 0) is 10.1 Å². The van der Waals surface area contributed by atoms with Crippen LogP contribution in [0.3, 0.4) is 0 Å². The number of aromatic nitrogens is 1. The van der Waals surface area contributed by atoms with Crippen molar-refractivity contribution in [1.29, 1.82) is 0 Å². The number of hydrogen-bond donors (Lipinski definition) is 2. The smallest absolute Gasteiger partial charge is 0.295 e. The van der Waals surface area contributed by atoms with Gasteiger partial charge in [0.05, 0.1) is 5.69 Å². The Kier molecular flexibility index (Phi) is 3.64. The van der Waals surface area contributed by atoms with Crippen LogP contribution in [0.15, 0.2) is 53.6 Å². The van der Waals surface area contributed by atoms with Crippen molar-refractivity contribution in [3.63, 3.8) is 0 Å². The first-order valence-electron chi connectivity index (χ1n) is 5.43. The fourth-order valence-electron chi connectivity index (χ4n) is 1.63. The molecule has 0 aliphatic heterocycles. The molecule has 98 valence electrons. The van der Waals surface area contributed by atoms with Gasteiger partial charge in [-0.1, -0.05) is 24.3 Å². The Morgan fingerprint density at radius 2 is 1.84 bits per heavy atom. The molecule has 0 saturated heterocycles. The molecule has 1 aromatic carbocycles. The van der Waals surface area contributed by atoms with Crippen molar-refractivity contribution in [2.24, 2.45) is 5.73 Å². The van der Waals surface area contributed by atoms with Gasteiger partial charge in [-0.15, -0.1) is 0 Å². The van der Waals surface area contributed by atoms with Gasteiger partial charge in [0.25, 0.3) is 10.1 Å². The van der Waals surface area contributed by atoms with E-state index in [0.29, 0.717) is 5.69 Å². The summed E-state index contributed by atoms with van der Waals surface area (Å²) >= 11 is 0. The minimum atomic E-state index is -4.31. The summed E-state index contributed by atoms with van der Waals surface area (Å²) < 4.78 is 31.7. The molecular formula is C13H12N2O3S. The SMILES string of the molecule is NC(=Cc1ccccn1)c1ccccc1S(=O)(=O)O. The third kappa shape index (κ3) is 3.18. The molecule has 0 aliphatic carbocycles. The van der Waals surface area contributed by atoms with E-state index in [1.165, 1.54) is 18.2 Å². The van der Waals surface area contributed by atoms with Crippen molar-refractivity contribution < 1.29 is 13.0 Å². The molecule has 1 aromatic heterocycles. The molecule has 3 N–H and O–H groups in total. The molecule has 19 heavy (non-hydrogen) atoms. The molecule has 0 radical (unpaired) electrons. The highest BCUT2D eigenvalue weighted by molar-refractivity contribution is 7.85. The van der Waals surface area contributed by atoms with Gasteiger partial charge in [0.2, 0.25) is 0 Å². The third-order valence-corrected chi connectivity index (χ3v) is 3.38. The highest BCUT2D eigenvalue weighted by atomic mass is 32.2. The van der Waals surface area contributed by atoms with Gasteiger partial charge in [0, 0.05) is 17.5 Å². The first-order chi connectivity index (χ1) is 8.98. The summed E-state index contributed by atoms with van der Waals surface area (Å²) in [6.07, 6.45) is 3.15. The maximum Gasteiger partial charge on any atom is 0.295 e. The number of benzene rings is 1. The molecule has 0 atom stereocenters. The monoisotopic (exact) mass is 276 g/mol. The summed E-state index contributed by atoms with van der Waals surface area (Å²) in [6.45, 7) is 0. The van der Waals surface area contributed by atoms with E-state index in [-0.39, 0.29) is 16.2 Å². The summed E-state index contributed by atoms with van der Waals surface area (Å²) in [5.41, 5.74) is 6.93. The fraction of sp³-hybridized carbons (Fsp3) is 0. The summed E-state index contributed by atoms with van der Waals surface area (Å²) in [7, 11) is -4.31. The van der Waals surface area contributed by atoms with Crippen molar-refractivity contribution in [1.82, 2.24) is 4.98 Å². The van der Waals surface area contributed by atoms with Crippen LogP contribution in [0.4, 0.5) is 0 Å². The van der Waals surface area contributed by atoms with E-state index in [2.05, 4.69) is 4.98 Å². The number of rotatable bonds is 3. The molecule has 0 unspecified atom stereocenters. The van der Waals surface area contributed by atoms with E-state index in [1.54, 1.807) is 36.5 Å². The van der Waals surface area contributed by atoms with Gasteiger partial charge in [-0.2, -0.15) is 8.42 Å². The Balaban J connectivity index is 2.52. The lowest BCUT2D eigenvalue weighted by Crippen LogP contribution is -2.06. The number of pyridine rings is 1. The standard InChI is InChI=1S/C13H12N2O3S/c14-12(9-10-5-3-4-8-15-10)11-6-1-2-7-13(11)19(16,17)18/h1-9H,14H2,(H,16,17,18). The largest absolute Gasteiger partial charge is 0.398 e. The van der Waals surface area contributed by atoms with E-state index >= 15 is 0 Å². The maximum atomic E-state index is 11.3. The van der Waals surface area contributed by atoms with Gasteiger partial charge in [0.15, 0.2) is 0 Å². The Morgan fingerprint density at radius 1 is 1.16 bits per heavy atom. The van der Waals surface area contributed by atoms with Crippen LogP contribution in [0.1, 0.15) is 11.3 Å². The van der Waals surface area contributed by atoms with Gasteiger partial charge >= 0.3 is 0 Å². The molecule has 0 bridgehead atoms. The lowest BCUT2D eigenvalue weighted by molar-refractivity contribution is 0.483. The molecule has 1 heterocycles. The van der Waals surface area contributed by atoms with Gasteiger partial charge in [-0.05, 0) is 24.3 Å². The molecule has 0 fully saturated rings. The first-order valence-corrected chi connectivity index (χ1v) is 6.87. The summed E-state index contributed by atoms with van der Waals surface area (Å²) in [5.74, 6) is 0. The number of nitrogens with zero attached hydrogens (tertiary/aromatic N) is 1. The van der Waals surface area contributed by atoms with Crippen molar-refractivity contribution in [2.75, 3.05) is 0 Å². The van der Waals surface area contributed by atoms with Crippen LogP contribution < -0.4 is 5.73 Å². The Morgan fingerprint density at radius 3 is 2.47 bits per heavy atom. The Hall–Kier alpha value is -2.18. The van der Waals surface area contributed by atoms with Gasteiger partial charge in [-0.3, -0.25) is 9.54 Å². The van der Waals surface area contributed by atoms with Gasteiger partial charge in [0.1, 0.15) is 4.90 Å². The second-order valence-corrected chi connectivity index (χ2v) is 5.22. The number of nitrogens with two attached hydrogens (primary N) is 1. The summed E-state index contributed by atoms with van der Waals surface area (Å²) in [5, 5.41) is 0. The molecule has 0 aliphatic rings. The number of hydrogen-bond acceptors (Lipinski definition) is 4. The normalized spacial score (nSPS) is 12.4. The summed E-state index contributed by atoms with van der Waals surface area (Å²) in [6, 6.07) is 11.3. The van der Waals surface area contributed by atoms with E-state index < -0.39 is 10.1 Å². The van der Waals surface area contributed by atoms with Gasteiger partial charge in [-0.25, -0.2) is 0 Å². The summed E-state index contributed by atoms with van der Waals surface area (Å²) in [4.78, 5) is 3.85. The van der Waals surface area contributed by atoms with Crippen LogP contribution >= 0.6 is 0 Å². The fourth-order valence-corrected chi connectivity index (χ4v) is 2.34. The van der Waals surface area contributed by atoms with Crippen LogP contribution in [0.5, 0.6) is 0 Å². The average molecular weight is 276 g/mol. The molecule has 0 saturated carbocycles. The minimum absolute atomic E-state index is 0.215.